The predicted octanol–water partition coefficient (Wildman–Crippen LogP) is 12.6. The molecule has 0 N–H and O–H groups in total. The van der Waals surface area contributed by atoms with Gasteiger partial charge >= 0.3 is 0 Å². The normalized spacial score (nSPS) is 11.1. The van der Waals surface area contributed by atoms with Crippen LogP contribution in [-0.4, -0.2) is 14.5 Å². The van der Waals surface area contributed by atoms with Crippen LogP contribution >= 0.6 is 0 Å². The van der Waals surface area contributed by atoms with E-state index in [1.165, 1.54) is 0 Å². The molecule has 10 rings (SSSR count). The average Bonchev–Trinajstić information content (AvgIpc) is 3.99. The molecule has 0 spiro atoms. The quantitative estimate of drug-likeness (QED) is 0.163. The lowest BCUT2D eigenvalue weighted by Crippen LogP contribution is -1.96. The van der Waals surface area contributed by atoms with Crippen LogP contribution in [0.5, 0.6) is 0 Å². The Balaban J connectivity index is 1.22. The van der Waals surface area contributed by atoms with Gasteiger partial charge in [-0.15, -0.1) is 0 Å². The van der Waals surface area contributed by atoms with Gasteiger partial charge in [0.25, 0.3) is 0 Å². The largest absolute Gasteiger partial charge is 0.436 e. The van der Waals surface area contributed by atoms with E-state index in [-0.39, 0.29) is 0 Å². The van der Waals surface area contributed by atoms with Crippen molar-refractivity contribution in [2.24, 2.45) is 0 Å². The Hall–Kier alpha value is -8.76. The van der Waals surface area contributed by atoms with Gasteiger partial charge in [0.15, 0.2) is 22.5 Å². The predicted molar refractivity (Wildman–Crippen MR) is 220 cm³/mol. The summed E-state index contributed by atoms with van der Waals surface area (Å²) in [6.45, 7) is 14.9. The Morgan fingerprint density at radius 1 is 0.474 bits per heavy atom. The molecule has 0 aliphatic rings. The first-order valence-electron chi connectivity index (χ1n) is 17.8. The number of aromatic nitrogens is 3. The Labute approximate surface area is 324 Å². The SMILES string of the molecule is [C-]#[N+]c1ccc(-c2cc(-c3ccc(C#N)cc3)cc(-n3c4ccc(-c5nc6cc(C#N)ccc6o5)cc4c4cc(-c5nc6cc([N+]#[C-])ccc6o5)ccc43)c2)cc1. The molecule has 0 aliphatic carbocycles. The minimum absolute atomic E-state index is 0.432. The molecule has 0 bridgehead atoms. The first-order chi connectivity index (χ1) is 28.0. The first-order valence-corrected chi connectivity index (χ1v) is 17.8. The van der Waals surface area contributed by atoms with E-state index >= 15 is 0 Å². The van der Waals surface area contributed by atoms with E-state index in [0.29, 0.717) is 56.5 Å². The molecular formula is C48H23N7O2. The number of nitriles is 2. The third-order valence-electron chi connectivity index (χ3n) is 10.1. The second-order valence-electron chi connectivity index (χ2n) is 13.5. The lowest BCUT2D eigenvalue weighted by atomic mass is 9.97. The lowest BCUT2D eigenvalue weighted by Gasteiger charge is -2.14. The molecule has 7 aromatic carbocycles. The van der Waals surface area contributed by atoms with Crippen LogP contribution in [0.4, 0.5) is 11.4 Å². The molecular weight excluding hydrogens is 707 g/mol. The summed E-state index contributed by atoms with van der Waals surface area (Å²) in [7, 11) is 0. The molecule has 10 aromatic rings. The molecule has 9 nitrogen and oxygen atoms in total. The zero-order chi connectivity index (χ0) is 38.6. The molecule has 0 unspecified atom stereocenters. The van der Waals surface area contributed by atoms with E-state index in [2.05, 4.69) is 68.9 Å². The number of hydrogen-bond donors (Lipinski definition) is 0. The van der Waals surface area contributed by atoms with Gasteiger partial charge in [-0.05, 0) is 119 Å². The van der Waals surface area contributed by atoms with Crippen molar-refractivity contribution >= 4 is 55.4 Å². The third-order valence-corrected chi connectivity index (χ3v) is 10.1. The topological polar surface area (TPSA) is 113 Å². The molecule has 9 heteroatoms. The summed E-state index contributed by atoms with van der Waals surface area (Å²) in [5.41, 5.74) is 12.6. The molecule has 0 radical (unpaired) electrons. The maximum Gasteiger partial charge on any atom is 0.227 e. The average molecular weight is 730 g/mol. The van der Waals surface area contributed by atoms with Gasteiger partial charge in [-0.1, -0.05) is 42.5 Å². The van der Waals surface area contributed by atoms with E-state index < -0.39 is 0 Å². The Kier molecular flexibility index (Phi) is 7.48. The fraction of sp³-hybridized carbons (Fsp3) is 0. The molecule has 0 atom stereocenters. The number of benzene rings is 7. The maximum atomic E-state index is 9.49. The fourth-order valence-corrected chi connectivity index (χ4v) is 7.34. The smallest absolute Gasteiger partial charge is 0.227 e. The lowest BCUT2D eigenvalue weighted by molar-refractivity contribution is 0.619. The first kappa shape index (κ1) is 32.9. The second-order valence-corrected chi connectivity index (χ2v) is 13.5. The zero-order valence-electron chi connectivity index (χ0n) is 29.7. The summed E-state index contributed by atoms with van der Waals surface area (Å²) < 4.78 is 14.6. The Morgan fingerprint density at radius 3 is 1.53 bits per heavy atom. The summed E-state index contributed by atoms with van der Waals surface area (Å²) in [5.74, 6) is 0.868. The van der Waals surface area contributed by atoms with Crippen molar-refractivity contribution in [2.45, 2.75) is 0 Å². The maximum absolute atomic E-state index is 9.49. The molecule has 0 amide bonds. The van der Waals surface area contributed by atoms with Gasteiger partial charge in [0.05, 0.1) is 53.0 Å². The summed E-state index contributed by atoms with van der Waals surface area (Å²) >= 11 is 0. The standard InChI is InChI=1S/C48H23N7O2/c1-51-36-12-8-31(9-13-36)35-20-34(30-6-3-28(26-49)4-7-30)21-38(22-35)55-43-15-10-32(47-53-41-19-29(27-50)5-17-45(41)56-47)23-39(43)40-24-33(11-16-44(40)55)48-54-42-25-37(52-2)14-18-46(42)57-48/h3-25H. The number of hydrogen-bond acceptors (Lipinski definition) is 6. The summed E-state index contributed by atoms with van der Waals surface area (Å²) in [5, 5.41) is 20.8. The van der Waals surface area contributed by atoms with Crippen molar-refractivity contribution in [1.82, 2.24) is 14.5 Å². The van der Waals surface area contributed by atoms with Crippen molar-refractivity contribution < 1.29 is 8.83 Å². The van der Waals surface area contributed by atoms with Crippen LogP contribution in [0, 0.1) is 35.8 Å². The number of nitrogens with zero attached hydrogens (tertiary/aromatic N) is 7. The van der Waals surface area contributed by atoms with Gasteiger partial charge in [-0.2, -0.15) is 10.5 Å². The van der Waals surface area contributed by atoms with E-state index in [0.717, 1.165) is 60.9 Å². The van der Waals surface area contributed by atoms with Gasteiger partial charge in [-0.3, -0.25) is 0 Å². The second kappa shape index (κ2) is 13.0. The molecule has 3 aromatic heterocycles. The number of rotatable bonds is 5. The van der Waals surface area contributed by atoms with E-state index in [1.807, 2.05) is 60.7 Å². The molecule has 262 valence electrons. The van der Waals surface area contributed by atoms with Crippen molar-refractivity contribution in [2.75, 3.05) is 0 Å². The Bertz CT molecular complexity index is 3230. The van der Waals surface area contributed by atoms with Crippen LogP contribution < -0.4 is 0 Å². The minimum atomic E-state index is 0.432. The molecule has 0 saturated carbocycles. The molecule has 57 heavy (non-hydrogen) atoms. The van der Waals surface area contributed by atoms with Crippen LogP contribution in [0.15, 0.2) is 148 Å². The highest BCUT2D eigenvalue weighted by molar-refractivity contribution is 6.11. The van der Waals surface area contributed by atoms with Crippen LogP contribution in [0.1, 0.15) is 11.1 Å². The minimum Gasteiger partial charge on any atom is -0.436 e. The summed E-state index contributed by atoms with van der Waals surface area (Å²) in [6.07, 6.45) is 0. The molecule has 0 aliphatic heterocycles. The third kappa shape index (κ3) is 5.61. The van der Waals surface area contributed by atoms with Crippen molar-refractivity contribution in [3.63, 3.8) is 0 Å². The fourth-order valence-electron chi connectivity index (χ4n) is 7.34. The zero-order valence-corrected chi connectivity index (χ0v) is 29.7. The van der Waals surface area contributed by atoms with Gasteiger partial charge in [0.1, 0.15) is 5.52 Å². The van der Waals surface area contributed by atoms with Crippen molar-refractivity contribution in [3.8, 4) is 63.0 Å². The number of fused-ring (bicyclic) bond motifs is 5. The van der Waals surface area contributed by atoms with Gasteiger partial charge in [0.2, 0.25) is 11.8 Å². The monoisotopic (exact) mass is 729 g/mol. The van der Waals surface area contributed by atoms with Crippen LogP contribution in [0.25, 0.3) is 105 Å². The molecule has 0 saturated heterocycles. The number of oxazole rings is 2. The summed E-state index contributed by atoms with van der Waals surface area (Å²) in [6, 6.07) is 48.5. The Morgan fingerprint density at radius 2 is 0.965 bits per heavy atom. The molecule has 0 fully saturated rings. The van der Waals surface area contributed by atoms with Crippen LogP contribution in [0.3, 0.4) is 0 Å². The van der Waals surface area contributed by atoms with Gasteiger partial charge < -0.3 is 13.4 Å². The highest BCUT2D eigenvalue weighted by atomic mass is 16.4. The highest BCUT2D eigenvalue weighted by Gasteiger charge is 2.19. The molecule has 3 heterocycles. The highest BCUT2D eigenvalue weighted by Crippen LogP contribution is 2.40. The van der Waals surface area contributed by atoms with E-state index in [4.69, 9.17) is 31.9 Å². The van der Waals surface area contributed by atoms with Crippen LogP contribution in [-0.2, 0) is 0 Å². The van der Waals surface area contributed by atoms with Gasteiger partial charge in [0, 0.05) is 27.6 Å². The van der Waals surface area contributed by atoms with E-state index in [1.54, 1.807) is 36.4 Å². The van der Waals surface area contributed by atoms with Crippen molar-refractivity contribution in [1.29, 1.82) is 10.5 Å². The van der Waals surface area contributed by atoms with Gasteiger partial charge in [-0.25, -0.2) is 19.7 Å². The van der Waals surface area contributed by atoms with Crippen molar-refractivity contribution in [3.05, 3.63) is 173 Å². The summed E-state index contributed by atoms with van der Waals surface area (Å²) in [4.78, 5) is 16.6. The van der Waals surface area contributed by atoms with E-state index in [9.17, 15) is 10.5 Å². The van der Waals surface area contributed by atoms with Crippen LogP contribution in [0.2, 0.25) is 0 Å².